The molecule has 2 fully saturated rings. The molecule has 2 saturated heterocycles. The summed E-state index contributed by atoms with van der Waals surface area (Å²) < 4.78 is 16.3. The number of hydrogen-bond acceptors (Lipinski definition) is 10. The minimum atomic E-state index is -1.53. The number of methoxy groups -OCH3 is 1. The first kappa shape index (κ1) is 22.1. The predicted octanol–water partition coefficient (Wildman–Crippen LogP) is 0.0313. The monoisotopic (exact) mass is 439 g/mol. The van der Waals surface area contributed by atoms with E-state index in [4.69, 9.17) is 14.2 Å². The zero-order valence-electron chi connectivity index (χ0n) is 17.5. The molecule has 4 rings (SSSR count). The number of piperidine rings is 1. The summed E-state index contributed by atoms with van der Waals surface area (Å²) in [5, 5.41) is 51.9. The summed E-state index contributed by atoms with van der Waals surface area (Å²) >= 11 is 0. The van der Waals surface area contributed by atoms with Gasteiger partial charge >= 0.3 is 5.97 Å². The Kier molecular flexibility index (Phi) is 6.01. The van der Waals surface area contributed by atoms with Crippen molar-refractivity contribution in [1.82, 2.24) is 4.90 Å². The third kappa shape index (κ3) is 3.62. The van der Waals surface area contributed by atoms with E-state index in [0.29, 0.717) is 5.92 Å². The molecule has 31 heavy (non-hydrogen) atoms. The average molecular weight is 439 g/mol. The lowest BCUT2D eigenvalue weighted by Gasteiger charge is -2.45. The minimum Gasteiger partial charge on any atom is -0.504 e. The maximum absolute atomic E-state index is 13.0. The van der Waals surface area contributed by atoms with Crippen molar-refractivity contribution in [2.24, 2.45) is 5.92 Å². The van der Waals surface area contributed by atoms with Gasteiger partial charge in [0.05, 0.1) is 19.3 Å². The number of aromatic hydroxyl groups is 2. The van der Waals surface area contributed by atoms with Crippen molar-refractivity contribution in [3.63, 3.8) is 0 Å². The lowest BCUT2D eigenvalue weighted by molar-refractivity contribution is -0.235. The van der Waals surface area contributed by atoms with Crippen LogP contribution in [0.5, 0.6) is 17.2 Å². The lowest BCUT2D eigenvalue weighted by Crippen LogP contribution is -2.58. The SMILES string of the molecule is COc1c(O)c(CN2CCCC(C)C2)c2c(c1O)[C@@H]1O[C@H](CO)[C@@H](O)[C@H](O)[C@H]1OC2=O. The van der Waals surface area contributed by atoms with Crippen LogP contribution in [-0.2, 0) is 16.0 Å². The summed E-state index contributed by atoms with van der Waals surface area (Å²) in [6.45, 7) is 3.36. The molecular formula is C21H29NO9. The highest BCUT2D eigenvalue weighted by molar-refractivity contribution is 5.97. The van der Waals surface area contributed by atoms with Crippen LogP contribution >= 0.6 is 0 Å². The van der Waals surface area contributed by atoms with Crippen molar-refractivity contribution in [3.05, 3.63) is 16.7 Å². The smallest absolute Gasteiger partial charge is 0.339 e. The molecule has 1 aromatic carbocycles. The van der Waals surface area contributed by atoms with Crippen molar-refractivity contribution < 1.29 is 44.5 Å². The molecule has 172 valence electrons. The third-order valence-electron chi connectivity index (χ3n) is 6.47. The van der Waals surface area contributed by atoms with Gasteiger partial charge in [-0.3, -0.25) is 4.90 Å². The summed E-state index contributed by atoms with van der Waals surface area (Å²) in [5.74, 6) is -1.45. The maximum atomic E-state index is 13.0. The van der Waals surface area contributed by atoms with E-state index in [1.54, 1.807) is 0 Å². The molecule has 0 spiro atoms. The van der Waals surface area contributed by atoms with Crippen LogP contribution in [0.2, 0.25) is 0 Å². The Morgan fingerprint density at radius 3 is 2.58 bits per heavy atom. The van der Waals surface area contributed by atoms with E-state index in [9.17, 15) is 30.3 Å². The molecule has 5 N–H and O–H groups in total. The molecule has 0 bridgehead atoms. The van der Waals surface area contributed by atoms with E-state index >= 15 is 0 Å². The van der Waals surface area contributed by atoms with E-state index in [-0.39, 0.29) is 34.7 Å². The van der Waals surface area contributed by atoms with Crippen molar-refractivity contribution in [2.45, 2.75) is 56.8 Å². The molecule has 1 unspecified atom stereocenters. The molecule has 0 aromatic heterocycles. The zero-order valence-corrected chi connectivity index (χ0v) is 17.5. The van der Waals surface area contributed by atoms with Crippen LogP contribution in [0.3, 0.4) is 0 Å². The maximum Gasteiger partial charge on any atom is 0.339 e. The van der Waals surface area contributed by atoms with Gasteiger partial charge in [-0.1, -0.05) is 6.92 Å². The number of phenols is 2. The Morgan fingerprint density at radius 2 is 1.94 bits per heavy atom. The Balaban J connectivity index is 1.84. The highest BCUT2D eigenvalue weighted by atomic mass is 16.6. The number of fused-ring (bicyclic) bond motifs is 3. The number of rotatable bonds is 4. The van der Waals surface area contributed by atoms with Crippen molar-refractivity contribution in [2.75, 3.05) is 26.8 Å². The minimum absolute atomic E-state index is 0.0142. The number of aliphatic hydroxyl groups is 3. The largest absolute Gasteiger partial charge is 0.504 e. The van der Waals surface area contributed by atoms with E-state index in [1.807, 2.05) is 0 Å². The normalized spacial score (nSPS) is 33.4. The fourth-order valence-corrected chi connectivity index (χ4v) is 4.92. The van der Waals surface area contributed by atoms with Gasteiger partial charge in [0.1, 0.15) is 24.4 Å². The summed E-state index contributed by atoms with van der Waals surface area (Å²) in [7, 11) is 1.28. The van der Waals surface area contributed by atoms with Crippen LogP contribution in [0.25, 0.3) is 0 Å². The zero-order chi connectivity index (χ0) is 22.4. The molecule has 3 heterocycles. The van der Waals surface area contributed by atoms with Gasteiger partial charge in [0.2, 0.25) is 5.75 Å². The standard InChI is InChI=1S/C21H29NO9/c1-9-4-3-5-22(6-9)7-10-12-13(16(26)19(29-2)14(10)24)18-20(31-21(12)28)17(27)15(25)11(8-23)30-18/h9,11,15,17-18,20,23-27H,3-8H2,1-2H3/t9?,11-,15-,17+,18+,20-/m1/s1. The molecule has 10 heteroatoms. The Morgan fingerprint density at radius 1 is 1.19 bits per heavy atom. The van der Waals surface area contributed by atoms with E-state index in [0.717, 1.165) is 25.9 Å². The van der Waals surface area contributed by atoms with Gasteiger partial charge in [-0.25, -0.2) is 4.79 Å². The van der Waals surface area contributed by atoms with Crippen molar-refractivity contribution in [3.8, 4) is 17.2 Å². The van der Waals surface area contributed by atoms with Gasteiger partial charge in [0.25, 0.3) is 0 Å². The molecular weight excluding hydrogens is 410 g/mol. The number of benzene rings is 1. The Bertz CT molecular complexity index is 860. The predicted molar refractivity (Wildman–Crippen MR) is 106 cm³/mol. The van der Waals surface area contributed by atoms with Crippen LogP contribution < -0.4 is 4.74 Å². The number of likely N-dealkylation sites (tertiary alicyclic amines) is 1. The van der Waals surface area contributed by atoms with Gasteiger partial charge in [0, 0.05) is 24.2 Å². The molecule has 0 aliphatic carbocycles. The number of phenolic OH excluding ortho intramolecular Hbond substituents is 2. The topological polar surface area (TPSA) is 149 Å². The van der Waals surface area contributed by atoms with Gasteiger partial charge < -0.3 is 39.7 Å². The molecule has 3 aliphatic rings. The summed E-state index contributed by atoms with van der Waals surface area (Å²) in [6.07, 6.45) is -4.51. The second kappa shape index (κ2) is 8.44. The molecule has 0 amide bonds. The second-order valence-corrected chi connectivity index (χ2v) is 8.61. The van der Waals surface area contributed by atoms with Crippen molar-refractivity contribution >= 4 is 5.97 Å². The first-order chi connectivity index (χ1) is 14.8. The first-order valence-electron chi connectivity index (χ1n) is 10.5. The summed E-state index contributed by atoms with van der Waals surface area (Å²) in [5.41, 5.74) is 0.211. The summed E-state index contributed by atoms with van der Waals surface area (Å²) in [4.78, 5) is 15.1. The highest BCUT2D eigenvalue weighted by Gasteiger charge is 2.53. The number of carbonyl (C=O) groups excluding carboxylic acids is 1. The molecule has 3 aliphatic heterocycles. The first-order valence-corrected chi connectivity index (χ1v) is 10.5. The molecule has 1 aromatic rings. The molecule has 6 atom stereocenters. The molecule has 10 nitrogen and oxygen atoms in total. The van der Waals surface area contributed by atoms with Crippen molar-refractivity contribution in [1.29, 1.82) is 0 Å². The van der Waals surface area contributed by atoms with Gasteiger partial charge in [0.15, 0.2) is 17.6 Å². The van der Waals surface area contributed by atoms with E-state index < -0.39 is 48.8 Å². The number of carbonyl (C=O) groups is 1. The second-order valence-electron chi connectivity index (χ2n) is 8.61. The van der Waals surface area contributed by atoms with E-state index in [1.165, 1.54) is 7.11 Å². The number of ether oxygens (including phenoxy) is 3. The number of nitrogens with zero attached hydrogens (tertiary/aromatic N) is 1. The average Bonchev–Trinajstić information content (AvgIpc) is 2.74. The summed E-state index contributed by atoms with van der Waals surface area (Å²) in [6, 6.07) is 0. The van der Waals surface area contributed by atoms with Crippen LogP contribution in [0.15, 0.2) is 0 Å². The molecule has 0 saturated carbocycles. The fourth-order valence-electron chi connectivity index (χ4n) is 4.92. The molecule has 0 radical (unpaired) electrons. The number of esters is 1. The van der Waals surface area contributed by atoms with Crippen LogP contribution in [0.4, 0.5) is 0 Å². The quantitative estimate of drug-likeness (QED) is 0.407. The van der Waals surface area contributed by atoms with Gasteiger partial charge in [-0.15, -0.1) is 0 Å². The van der Waals surface area contributed by atoms with Crippen LogP contribution in [0.1, 0.15) is 47.4 Å². The third-order valence-corrected chi connectivity index (χ3v) is 6.47. The number of aliphatic hydroxyl groups excluding tert-OH is 3. The van der Waals surface area contributed by atoms with Gasteiger partial charge in [-0.2, -0.15) is 0 Å². The van der Waals surface area contributed by atoms with Crippen LogP contribution in [0, 0.1) is 5.92 Å². The van der Waals surface area contributed by atoms with Crippen LogP contribution in [-0.4, -0.2) is 87.6 Å². The Labute approximate surface area is 179 Å². The van der Waals surface area contributed by atoms with E-state index in [2.05, 4.69) is 11.8 Å². The van der Waals surface area contributed by atoms with Gasteiger partial charge in [-0.05, 0) is 25.3 Å². The Hall–Kier alpha value is -2.11. The lowest BCUT2D eigenvalue weighted by atomic mass is 9.84. The fraction of sp³-hybridized carbons (Fsp3) is 0.667. The number of hydrogen-bond donors (Lipinski definition) is 5. The highest BCUT2D eigenvalue weighted by Crippen LogP contribution is 2.52.